The molecule has 0 bridgehead atoms. The van der Waals surface area contributed by atoms with E-state index in [0.29, 0.717) is 17.8 Å². The fourth-order valence-electron chi connectivity index (χ4n) is 3.34. The number of ether oxygens (including phenoxy) is 1. The summed E-state index contributed by atoms with van der Waals surface area (Å²) in [6.45, 7) is 6.78. The Kier molecular flexibility index (Phi) is 11.3. The molecule has 0 amide bonds. The van der Waals surface area contributed by atoms with E-state index in [1.54, 1.807) is 7.05 Å². The molecule has 1 aliphatic carbocycles. The van der Waals surface area contributed by atoms with Crippen molar-refractivity contribution >= 4 is 40.7 Å². The molecule has 1 aliphatic rings. The van der Waals surface area contributed by atoms with Crippen molar-refractivity contribution in [2.24, 2.45) is 4.99 Å². The van der Waals surface area contributed by atoms with E-state index in [1.807, 2.05) is 32.0 Å². The summed E-state index contributed by atoms with van der Waals surface area (Å²) in [5.74, 6) is 2.43. The van der Waals surface area contributed by atoms with Gasteiger partial charge in [0.25, 0.3) is 0 Å². The van der Waals surface area contributed by atoms with Gasteiger partial charge in [0, 0.05) is 34.9 Å². The van der Waals surface area contributed by atoms with E-state index in [-0.39, 0.29) is 30.1 Å². The summed E-state index contributed by atoms with van der Waals surface area (Å²) in [5.41, 5.74) is 1.19. The van der Waals surface area contributed by atoms with E-state index in [4.69, 9.17) is 4.74 Å². The van der Waals surface area contributed by atoms with Crippen LogP contribution in [0.15, 0.2) is 29.3 Å². The van der Waals surface area contributed by atoms with Gasteiger partial charge in [-0.2, -0.15) is 0 Å². The molecule has 0 saturated heterocycles. The number of guanidine groups is 1. The molecule has 0 heterocycles. The molecule has 27 heavy (non-hydrogen) atoms. The van der Waals surface area contributed by atoms with Crippen LogP contribution in [-0.4, -0.2) is 46.9 Å². The van der Waals surface area contributed by atoms with E-state index in [2.05, 4.69) is 28.6 Å². The third-order valence-electron chi connectivity index (χ3n) is 4.73. The molecular weight excluding hydrogens is 473 g/mol. The zero-order valence-corrected chi connectivity index (χ0v) is 20.0. The number of hydrogen-bond acceptors (Lipinski definition) is 3. The van der Waals surface area contributed by atoms with Gasteiger partial charge in [0.05, 0.1) is 6.54 Å². The molecule has 0 aliphatic heterocycles. The van der Waals surface area contributed by atoms with Gasteiger partial charge in [0.1, 0.15) is 11.9 Å². The molecule has 154 valence electrons. The molecule has 1 fully saturated rings. The minimum absolute atomic E-state index is 0. The van der Waals surface area contributed by atoms with Crippen LogP contribution in [0.4, 0.5) is 0 Å². The molecule has 1 saturated carbocycles. The van der Waals surface area contributed by atoms with Crippen molar-refractivity contribution in [1.82, 2.24) is 10.6 Å². The van der Waals surface area contributed by atoms with E-state index in [1.165, 1.54) is 5.56 Å². The quantitative estimate of drug-likeness (QED) is 0.336. The number of aryl methyl sites for hydroxylation is 1. The molecule has 2 rings (SSSR count). The van der Waals surface area contributed by atoms with Crippen LogP contribution in [0.3, 0.4) is 0 Å². The number of aliphatic imine (C=N–C) groups is 1. The summed E-state index contributed by atoms with van der Waals surface area (Å²) in [7, 11) is 1.08. The normalized spacial score (nSPS) is 22.3. The van der Waals surface area contributed by atoms with Crippen LogP contribution in [0.25, 0.3) is 0 Å². The van der Waals surface area contributed by atoms with Gasteiger partial charge in [-0.25, -0.2) is 0 Å². The summed E-state index contributed by atoms with van der Waals surface area (Å²) in [5, 5.41) is 7.15. The van der Waals surface area contributed by atoms with Gasteiger partial charge in [0.15, 0.2) is 5.96 Å². The topological polar surface area (TPSA) is 62.7 Å². The lowest BCUT2D eigenvalue weighted by Crippen LogP contribution is -2.48. The molecule has 0 spiro atoms. The van der Waals surface area contributed by atoms with Gasteiger partial charge in [0.2, 0.25) is 0 Å². The lowest BCUT2D eigenvalue weighted by atomic mass is 9.95. The average Bonchev–Trinajstić information content (AvgIpc) is 2.64. The molecule has 2 N–H and O–H groups in total. The lowest BCUT2D eigenvalue weighted by Gasteiger charge is -2.30. The molecule has 0 aromatic heterocycles. The summed E-state index contributed by atoms with van der Waals surface area (Å²) in [6.07, 6.45) is 4.29. The first-order valence-corrected chi connectivity index (χ1v) is 11.0. The summed E-state index contributed by atoms with van der Waals surface area (Å²) in [6, 6.07) is 8.42. The van der Waals surface area contributed by atoms with Crippen molar-refractivity contribution in [3.63, 3.8) is 0 Å². The fraction of sp³-hybridized carbons (Fsp3) is 0.650. The van der Waals surface area contributed by atoms with Crippen LogP contribution in [-0.2, 0) is 10.8 Å². The Bertz CT molecular complexity index is 627. The molecule has 5 nitrogen and oxygen atoms in total. The monoisotopic (exact) mass is 507 g/mol. The van der Waals surface area contributed by atoms with E-state index in [9.17, 15) is 4.21 Å². The molecule has 4 atom stereocenters. The van der Waals surface area contributed by atoms with Crippen molar-refractivity contribution in [2.75, 3.05) is 19.3 Å². The zero-order valence-electron chi connectivity index (χ0n) is 16.9. The minimum Gasteiger partial charge on any atom is -0.489 e. The summed E-state index contributed by atoms with van der Waals surface area (Å²) in [4.78, 5) is 4.33. The molecule has 1 aromatic carbocycles. The van der Waals surface area contributed by atoms with Gasteiger partial charge in [-0.1, -0.05) is 25.5 Å². The van der Waals surface area contributed by atoms with Crippen molar-refractivity contribution in [3.8, 4) is 5.75 Å². The highest BCUT2D eigenvalue weighted by Crippen LogP contribution is 2.23. The first kappa shape index (κ1) is 24.2. The SMILES string of the molecule is CCS(=O)C1CCCC(NC(=NC)NCC(C)Oc2cccc(C)c2)C1.I. The third kappa shape index (κ3) is 8.37. The first-order valence-electron chi connectivity index (χ1n) is 9.59. The lowest BCUT2D eigenvalue weighted by molar-refractivity contribution is 0.223. The molecule has 1 aromatic rings. The smallest absolute Gasteiger partial charge is 0.191 e. The Morgan fingerprint density at radius 3 is 2.85 bits per heavy atom. The number of rotatable bonds is 7. The molecule has 7 heteroatoms. The number of nitrogens with zero attached hydrogens (tertiary/aromatic N) is 1. The number of nitrogens with one attached hydrogen (secondary N) is 2. The van der Waals surface area contributed by atoms with Crippen LogP contribution in [0, 0.1) is 6.92 Å². The second-order valence-electron chi connectivity index (χ2n) is 7.00. The van der Waals surface area contributed by atoms with Gasteiger partial charge in [-0.15, -0.1) is 24.0 Å². The van der Waals surface area contributed by atoms with Crippen LogP contribution in [0.5, 0.6) is 5.75 Å². The second-order valence-corrected chi connectivity index (χ2v) is 9.00. The highest BCUT2D eigenvalue weighted by atomic mass is 127. The highest BCUT2D eigenvalue weighted by molar-refractivity contribution is 14.0. The Morgan fingerprint density at radius 2 is 2.19 bits per heavy atom. The van der Waals surface area contributed by atoms with Crippen molar-refractivity contribution < 1.29 is 8.95 Å². The molecule has 4 unspecified atom stereocenters. The highest BCUT2D eigenvalue weighted by Gasteiger charge is 2.26. The minimum atomic E-state index is -0.707. The van der Waals surface area contributed by atoms with Crippen LogP contribution >= 0.6 is 24.0 Å². The van der Waals surface area contributed by atoms with Gasteiger partial charge in [-0.05, 0) is 50.8 Å². The van der Waals surface area contributed by atoms with Crippen LogP contribution in [0.1, 0.15) is 45.1 Å². The molecule has 0 radical (unpaired) electrons. The third-order valence-corrected chi connectivity index (χ3v) is 6.47. The van der Waals surface area contributed by atoms with E-state index in [0.717, 1.165) is 43.1 Å². The Labute approximate surface area is 183 Å². The maximum absolute atomic E-state index is 12.1. The Balaban J connectivity index is 0.00000364. The summed E-state index contributed by atoms with van der Waals surface area (Å²) < 4.78 is 18.1. The number of benzene rings is 1. The first-order chi connectivity index (χ1) is 12.5. The second kappa shape index (κ2) is 12.6. The molecular formula is C20H34IN3O2S. The van der Waals surface area contributed by atoms with Gasteiger partial charge in [-0.3, -0.25) is 9.20 Å². The van der Waals surface area contributed by atoms with Crippen LogP contribution < -0.4 is 15.4 Å². The van der Waals surface area contributed by atoms with Crippen molar-refractivity contribution in [1.29, 1.82) is 0 Å². The fourth-order valence-corrected chi connectivity index (χ4v) is 4.69. The standard InChI is InChI=1S/C20H33N3O2S.HI/c1-5-26(24)19-11-7-9-17(13-19)23-20(21-4)22-14-16(3)25-18-10-6-8-15(2)12-18;/h6,8,10,12,16-17,19H,5,7,9,11,13-14H2,1-4H3,(H2,21,22,23);1H. The number of halogens is 1. The van der Waals surface area contributed by atoms with E-state index >= 15 is 0 Å². The zero-order chi connectivity index (χ0) is 18.9. The number of hydrogen-bond donors (Lipinski definition) is 2. The average molecular weight is 507 g/mol. The largest absolute Gasteiger partial charge is 0.489 e. The van der Waals surface area contributed by atoms with Gasteiger partial charge >= 0.3 is 0 Å². The van der Waals surface area contributed by atoms with Crippen molar-refractivity contribution in [2.45, 2.75) is 63.9 Å². The maximum atomic E-state index is 12.1. The predicted octanol–water partition coefficient (Wildman–Crippen LogP) is 3.63. The Hall–Kier alpha value is -0.830. The predicted molar refractivity (Wildman–Crippen MR) is 126 cm³/mol. The van der Waals surface area contributed by atoms with Crippen LogP contribution in [0.2, 0.25) is 0 Å². The van der Waals surface area contributed by atoms with Gasteiger partial charge < -0.3 is 15.4 Å². The Morgan fingerprint density at radius 1 is 1.41 bits per heavy atom. The van der Waals surface area contributed by atoms with E-state index < -0.39 is 10.8 Å². The maximum Gasteiger partial charge on any atom is 0.191 e. The van der Waals surface area contributed by atoms with Crippen molar-refractivity contribution in [3.05, 3.63) is 29.8 Å². The summed E-state index contributed by atoms with van der Waals surface area (Å²) >= 11 is 0.